The van der Waals surface area contributed by atoms with Crippen molar-refractivity contribution in [1.29, 1.82) is 0 Å². The number of carbonyl (C=O) groups is 3. The molecule has 1 fully saturated rings. The smallest absolute Gasteiger partial charge is 0.416 e. The van der Waals surface area contributed by atoms with Crippen LogP contribution in [0.2, 0.25) is 0 Å². The molecule has 0 aromatic heterocycles. The maximum atomic E-state index is 12.7. The molecule has 1 saturated heterocycles. The molecular formula is C17H21NO4. The van der Waals surface area contributed by atoms with E-state index in [9.17, 15) is 14.4 Å². The number of benzene rings is 1. The van der Waals surface area contributed by atoms with Gasteiger partial charge in [-0.15, -0.1) is 0 Å². The third-order valence-corrected chi connectivity index (χ3v) is 3.88. The number of hydrogen-bond acceptors (Lipinski definition) is 4. The SMILES string of the molecule is CC[C@@H]1COC(=O)N1C(=O)[C@H](CC(C)=O)Cc1ccccc1. The summed E-state index contributed by atoms with van der Waals surface area (Å²) in [5.41, 5.74) is 0.975. The summed E-state index contributed by atoms with van der Waals surface area (Å²) in [6.07, 6.45) is 0.627. The number of hydrogen-bond donors (Lipinski definition) is 0. The van der Waals surface area contributed by atoms with Gasteiger partial charge in [-0.3, -0.25) is 4.79 Å². The van der Waals surface area contributed by atoms with Crippen molar-refractivity contribution in [3.8, 4) is 0 Å². The van der Waals surface area contributed by atoms with Gasteiger partial charge in [0.25, 0.3) is 0 Å². The van der Waals surface area contributed by atoms with E-state index >= 15 is 0 Å². The third-order valence-electron chi connectivity index (χ3n) is 3.88. The molecule has 1 aromatic carbocycles. The van der Waals surface area contributed by atoms with Gasteiger partial charge in [0.1, 0.15) is 12.4 Å². The Kier molecular flexibility index (Phi) is 5.31. The Morgan fingerprint density at radius 2 is 2.00 bits per heavy atom. The predicted octanol–water partition coefficient (Wildman–Crippen LogP) is 2.58. The summed E-state index contributed by atoms with van der Waals surface area (Å²) < 4.78 is 4.98. The first-order chi connectivity index (χ1) is 10.5. The van der Waals surface area contributed by atoms with Crippen LogP contribution >= 0.6 is 0 Å². The van der Waals surface area contributed by atoms with Crippen molar-refractivity contribution in [3.63, 3.8) is 0 Å². The van der Waals surface area contributed by atoms with Gasteiger partial charge in [0, 0.05) is 12.3 Å². The summed E-state index contributed by atoms with van der Waals surface area (Å²) in [7, 11) is 0. The summed E-state index contributed by atoms with van der Waals surface area (Å²) in [5, 5.41) is 0. The van der Waals surface area contributed by atoms with E-state index in [1.165, 1.54) is 11.8 Å². The second-order valence-corrected chi connectivity index (χ2v) is 5.64. The van der Waals surface area contributed by atoms with E-state index in [1.54, 1.807) is 0 Å². The van der Waals surface area contributed by atoms with Gasteiger partial charge >= 0.3 is 6.09 Å². The predicted molar refractivity (Wildman–Crippen MR) is 81.2 cm³/mol. The highest BCUT2D eigenvalue weighted by molar-refractivity contribution is 5.96. The van der Waals surface area contributed by atoms with Crippen LogP contribution in [0.5, 0.6) is 0 Å². The van der Waals surface area contributed by atoms with Crippen molar-refractivity contribution in [2.45, 2.75) is 39.2 Å². The highest BCUT2D eigenvalue weighted by atomic mass is 16.6. The van der Waals surface area contributed by atoms with Crippen LogP contribution in [0.4, 0.5) is 4.79 Å². The molecule has 0 radical (unpaired) electrons. The Bertz CT molecular complexity index is 555. The number of carbonyl (C=O) groups excluding carboxylic acids is 3. The molecule has 22 heavy (non-hydrogen) atoms. The fourth-order valence-electron chi connectivity index (χ4n) is 2.72. The lowest BCUT2D eigenvalue weighted by Gasteiger charge is -2.23. The van der Waals surface area contributed by atoms with Crippen LogP contribution in [-0.4, -0.2) is 35.3 Å². The first-order valence-corrected chi connectivity index (χ1v) is 7.56. The van der Waals surface area contributed by atoms with E-state index in [0.717, 1.165) is 5.56 Å². The average Bonchev–Trinajstić information content (AvgIpc) is 2.87. The molecule has 0 bridgehead atoms. The molecule has 0 spiro atoms. The number of imide groups is 1. The fraction of sp³-hybridized carbons (Fsp3) is 0.471. The number of ether oxygens (including phenoxy) is 1. The third kappa shape index (κ3) is 3.72. The van der Waals surface area contributed by atoms with Crippen molar-refractivity contribution >= 4 is 17.8 Å². The maximum Gasteiger partial charge on any atom is 0.416 e. The van der Waals surface area contributed by atoms with Crippen LogP contribution in [0.25, 0.3) is 0 Å². The van der Waals surface area contributed by atoms with Crippen LogP contribution < -0.4 is 0 Å². The maximum absolute atomic E-state index is 12.7. The van der Waals surface area contributed by atoms with E-state index in [2.05, 4.69) is 0 Å². The average molecular weight is 303 g/mol. The zero-order chi connectivity index (χ0) is 16.1. The Labute approximate surface area is 130 Å². The minimum Gasteiger partial charge on any atom is -0.447 e. The summed E-state index contributed by atoms with van der Waals surface area (Å²) in [6, 6.07) is 9.29. The number of rotatable bonds is 6. The van der Waals surface area contributed by atoms with Gasteiger partial charge in [-0.2, -0.15) is 0 Å². The fourth-order valence-corrected chi connectivity index (χ4v) is 2.72. The molecule has 5 heteroatoms. The van der Waals surface area contributed by atoms with Crippen molar-refractivity contribution in [2.75, 3.05) is 6.61 Å². The minimum absolute atomic E-state index is 0.0603. The van der Waals surface area contributed by atoms with E-state index in [0.29, 0.717) is 12.8 Å². The number of ketones is 1. The van der Waals surface area contributed by atoms with Crippen LogP contribution in [0, 0.1) is 5.92 Å². The number of cyclic esters (lactones) is 1. The molecule has 2 rings (SSSR count). The van der Waals surface area contributed by atoms with Gasteiger partial charge in [-0.05, 0) is 25.3 Å². The monoisotopic (exact) mass is 303 g/mol. The van der Waals surface area contributed by atoms with Crippen molar-refractivity contribution < 1.29 is 19.1 Å². The van der Waals surface area contributed by atoms with Gasteiger partial charge < -0.3 is 9.53 Å². The Morgan fingerprint density at radius 1 is 1.32 bits per heavy atom. The largest absolute Gasteiger partial charge is 0.447 e. The van der Waals surface area contributed by atoms with Gasteiger partial charge in [0.15, 0.2) is 0 Å². The number of Topliss-reactive ketones (excluding diaryl/α,β-unsaturated/α-hetero) is 1. The Hall–Kier alpha value is -2.17. The first-order valence-electron chi connectivity index (χ1n) is 7.56. The lowest BCUT2D eigenvalue weighted by Crippen LogP contribution is -2.43. The topological polar surface area (TPSA) is 63.7 Å². The van der Waals surface area contributed by atoms with Crippen molar-refractivity contribution in [3.05, 3.63) is 35.9 Å². The molecule has 0 N–H and O–H groups in total. The second kappa shape index (κ2) is 7.20. The molecule has 1 aliphatic rings. The molecule has 2 atom stereocenters. The molecule has 0 aliphatic carbocycles. The van der Waals surface area contributed by atoms with Crippen LogP contribution in [-0.2, 0) is 20.7 Å². The zero-order valence-corrected chi connectivity index (χ0v) is 13.0. The minimum atomic E-state index is -0.599. The van der Waals surface area contributed by atoms with E-state index in [-0.39, 0.29) is 30.8 Å². The molecule has 1 aromatic rings. The Morgan fingerprint density at radius 3 is 2.59 bits per heavy atom. The highest BCUT2D eigenvalue weighted by Crippen LogP contribution is 2.22. The summed E-state index contributed by atoms with van der Waals surface area (Å²) >= 11 is 0. The van der Waals surface area contributed by atoms with Crippen LogP contribution in [0.15, 0.2) is 30.3 Å². The van der Waals surface area contributed by atoms with E-state index in [1.807, 2.05) is 37.3 Å². The molecule has 1 heterocycles. The molecule has 0 unspecified atom stereocenters. The first kappa shape index (κ1) is 16.2. The molecular weight excluding hydrogens is 282 g/mol. The van der Waals surface area contributed by atoms with Crippen molar-refractivity contribution in [1.82, 2.24) is 4.90 Å². The lowest BCUT2D eigenvalue weighted by molar-refractivity contribution is -0.136. The number of amides is 2. The molecule has 2 amide bonds. The van der Waals surface area contributed by atoms with Crippen LogP contribution in [0.3, 0.4) is 0 Å². The molecule has 5 nitrogen and oxygen atoms in total. The quantitative estimate of drug-likeness (QED) is 0.810. The second-order valence-electron chi connectivity index (χ2n) is 5.64. The normalized spacial score (nSPS) is 18.9. The van der Waals surface area contributed by atoms with E-state index < -0.39 is 12.0 Å². The summed E-state index contributed by atoms with van der Waals surface area (Å²) in [4.78, 5) is 37.3. The van der Waals surface area contributed by atoms with Gasteiger partial charge in [-0.1, -0.05) is 37.3 Å². The summed E-state index contributed by atoms with van der Waals surface area (Å²) in [5.74, 6) is -0.900. The van der Waals surface area contributed by atoms with Gasteiger partial charge in [-0.25, -0.2) is 9.69 Å². The van der Waals surface area contributed by atoms with Crippen molar-refractivity contribution in [2.24, 2.45) is 5.92 Å². The highest BCUT2D eigenvalue weighted by Gasteiger charge is 2.40. The zero-order valence-electron chi connectivity index (χ0n) is 13.0. The lowest BCUT2D eigenvalue weighted by atomic mass is 9.92. The molecule has 0 saturated carbocycles. The standard InChI is InChI=1S/C17H21NO4/c1-3-15-11-22-17(21)18(15)16(20)14(9-12(2)19)10-13-7-5-4-6-8-13/h4-8,14-15H,3,9-11H2,1-2H3/t14-,15-/m1/s1. The van der Waals surface area contributed by atoms with E-state index in [4.69, 9.17) is 4.74 Å². The molecule has 1 aliphatic heterocycles. The van der Waals surface area contributed by atoms with Gasteiger partial charge in [0.05, 0.1) is 6.04 Å². The van der Waals surface area contributed by atoms with Gasteiger partial charge in [0.2, 0.25) is 5.91 Å². The Balaban J connectivity index is 2.19. The molecule has 118 valence electrons. The van der Waals surface area contributed by atoms with Crippen LogP contribution in [0.1, 0.15) is 32.3 Å². The number of nitrogens with zero attached hydrogens (tertiary/aromatic N) is 1. The summed E-state index contributed by atoms with van der Waals surface area (Å²) in [6.45, 7) is 3.61.